The van der Waals surface area contributed by atoms with E-state index in [1.165, 1.54) is 17.3 Å². The summed E-state index contributed by atoms with van der Waals surface area (Å²) >= 11 is 0. The molecule has 2 aromatic heterocycles. The summed E-state index contributed by atoms with van der Waals surface area (Å²) in [5.74, 6) is -0.171. The average Bonchev–Trinajstić information content (AvgIpc) is 3.10. The smallest absolute Gasteiger partial charge is 0.249 e. The van der Waals surface area contributed by atoms with Gasteiger partial charge in [-0.25, -0.2) is 9.67 Å². The highest BCUT2D eigenvalue weighted by atomic mass is 16.2. The average molecular weight is 293 g/mol. The van der Waals surface area contributed by atoms with Crippen LogP contribution in [0, 0.1) is 0 Å². The van der Waals surface area contributed by atoms with E-state index in [0.29, 0.717) is 5.69 Å². The van der Waals surface area contributed by atoms with Crippen molar-refractivity contribution >= 4 is 11.6 Å². The first-order chi connectivity index (χ1) is 10.8. The van der Waals surface area contributed by atoms with Crippen LogP contribution in [0.1, 0.15) is 13.0 Å². The lowest BCUT2D eigenvalue weighted by Crippen LogP contribution is -2.24. The molecule has 1 N–H and O–H groups in total. The van der Waals surface area contributed by atoms with E-state index in [9.17, 15) is 4.79 Å². The molecule has 3 aromatic rings. The Morgan fingerprint density at radius 2 is 2.00 bits per heavy atom. The van der Waals surface area contributed by atoms with E-state index in [2.05, 4.69) is 20.4 Å². The molecule has 0 spiro atoms. The van der Waals surface area contributed by atoms with E-state index in [1.807, 2.05) is 36.4 Å². The van der Waals surface area contributed by atoms with E-state index < -0.39 is 6.04 Å². The van der Waals surface area contributed by atoms with Crippen LogP contribution in [0.3, 0.4) is 0 Å². The van der Waals surface area contributed by atoms with Crippen LogP contribution in [0.2, 0.25) is 0 Å². The molecular weight excluding hydrogens is 278 g/mol. The highest BCUT2D eigenvalue weighted by molar-refractivity contribution is 5.96. The molecule has 1 atom stereocenters. The fraction of sp³-hybridized carbons (Fsp3) is 0.125. The van der Waals surface area contributed by atoms with Gasteiger partial charge in [0, 0.05) is 11.8 Å². The minimum Gasteiger partial charge on any atom is -0.322 e. The lowest BCUT2D eigenvalue weighted by Gasteiger charge is -2.14. The Morgan fingerprint density at radius 3 is 2.73 bits per heavy atom. The van der Waals surface area contributed by atoms with Crippen LogP contribution in [0.5, 0.6) is 0 Å². The standard InChI is InChI=1S/C16H15N5O/c1-12(21-11-17-10-19-21)16(22)20-14-8-5-9-18-15(14)13-6-3-2-4-7-13/h2-12H,1H3,(H,20,22). The van der Waals surface area contributed by atoms with Gasteiger partial charge in [-0.2, -0.15) is 5.10 Å². The van der Waals surface area contributed by atoms with Crippen molar-refractivity contribution in [3.63, 3.8) is 0 Å². The van der Waals surface area contributed by atoms with Crippen LogP contribution < -0.4 is 5.32 Å². The number of anilines is 1. The number of benzene rings is 1. The first kappa shape index (κ1) is 13.9. The number of carbonyl (C=O) groups is 1. The highest BCUT2D eigenvalue weighted by Gasteiger charge is 2.17. The fourth-order valence-electron chi connectivity index (χ4n) is 2.11. The summed E-state index contributed by atoms with van der Waals surface area (Å²) in [7, 11) is 0. The molecule has 110 valence electrons. The molecule has 1 amide bonds. The molecule has 0 fully saturated rings. The van der Waals surface area contributed by atoms with Crippen molar-refractivity contribution in [1.29, 1.82) is 0 Å². The van der Waals surface area contributed by atoms with Crippen LogP contribution >= 0.6 is 0 Å². The summed E-state index contributed by atoms with van der Waals surface area (Å²) in [6, 6.07) is 12.9. The van der Waals surface area contributed by atoms with Gasteiger partial charge < -0.3 is 5.32 Å². The third kappa shape index (κ3) is 2.85. The van der Waals surface area contributed by atoms with Gasteiger partial charge in [-0.15, -0.1) is 0 Å². The lowest BCUT2D eigenvalue weighted by molar-refractivity contribution is -0.119. The number of nitrogens with zero attached hydrogens (tertiary/aromatic N) is 4. The van der Waals surface area contributed by atoms with Crippen LogP contribution in [0.15, 0.2) is 61.3 Å². The van der Waals surface area contributed by atoms with Gasteiger partial charge >= 0.3 is 0 Å². The molecule has 6 nitrogen and oxygen atoms in total. The third-order valence-electron chi connectivity index (χ3n) is 3.33. The molecular formula is C16H15N5O. The van der Waals surface area contributed by atoms with Gasteiger partial charge in [-0.3, -0.25) is 9.78 Å². The zero-order valence-electron chi connectivity index (χ0n) is 12.0. The molecule has 0 saturated heterocycles. The summed E-state index contributed by atoms with van der Waals surface area (Å²) in [5, 5.41) is 6.90. The van der Waals surface area contributed by atoms with Gasteiger partial charge in [0.05, 0.1) is 11.4 Å². The zero-order valence-corrected chi connectivity index (χ0v) is 12.0. The van der Waals surface area contributed by atoms with Crippen LogP contribution in [0.25, 0.3) is 11.3 Å². The van der Waals surface area contributed by atoms with Gasteiger partial charge in [-0.05, 0) is 19.1 Å². The number of aromatic nitrogens is 4. The maximum Gasteiger partial charge on any atom is 0.249 e. The van der Waals surface area contributed by atoms with Gasteiger partial charge in [0.2, 0.25) is 5.91 Å². The van der Waals surface area contributed by atoms with Crippen molar-refractivity contribution < 1.29 is 4.79 Å². The van der Waals surface area contributed by atoms with Gasteiger partial charge in [0.15, 0.2) is 0 Å². The third-order valence-corrected chi connectivity index (χ3v) is 3.33. The number of nitrogens with one attached hydrogen (secondary N) is 1. The Hall–Kier alpha value is -3.02. The van der Waals surface area contributed by atoms with Crippen molar-refractivity contribution in [2.75, 3.05) is 5.32 Å². The number of pyridine rings is 1. The van der Waals surface area contributed by atoms with Crippen LogP contribution in [-0.2, 0) is 4.79 Å². The molecule has 22 heavy (non-hydrogen) atoms. The minimum atomic E-state index is -0.452. The van der Waals surface area contributed by atoms with Crippen molar-refractivity contribution in [2.45, 2.75) is 13.0 Å². The molecule has 2 heterocycles. The highest BCUT2D eigenvalue weighted by Crippen LogP contribution is 2.25. The predicted molar refractivity (Wildman–Crippen MR) is 83.0 cm³/mol. The van der Waals surface area contributed by atoms with Gasteiger partial charge in [0.1, 0.15) is 18.7 Å². The Kier molecular flexibility index (Phi) is 3.91. The fourth-order valence-corrected chi connectivity index (χ4v) is 2.11. The quantitative estimate of drug-likeness (QED) is 0.802. The first-order valence-electron chi connectivity index (χ1n) is 6.91. The number of carbonyl (C=O) groups excluding carboxylic acids is 1. The van der Waals surface area contributed by atoms with Crippen molar-refractivity contribution in [1.82, 2.24) is 19.7 Å². The summed E-state index contributed by atoms with van der Waals surface area (Å²) in [4.78, 5) is 20.6. The molecule has 0 radical (unpaired) electrons. The van der Waals surface area contributed by atoms with Crippen LogP contribution in [0.4, 0.5) is 5.69 Å². The molecule has 0 aliphatic rings. The summed E-state index contributed by atoms with van der Waals surface area (Å²) < 4.78 is 1.51. The lowest BCUT2D eigenvalue weighted by atomic mass is 10.1. The van der Waals surface area contributed by atoms with E-state index in [4.69, 9.17) is 0 Å². The maximum atomic E-state index is 12.4. The van der Waals surface area contributed by atoms with E-state index in [0.717, 1.165) is 11.3 Å². The second-order valence-corrected chi connectivity index (χ2v) is 4.81. The summed E-state index contributed by atoms with van der Waals surface area (Å²) in [6.07, 6.45) is 4.63. The monoisotopic (exact) mass is 293 g/mol. The first-order valence-corrected chi connectivity index (χ1v) is 6.91. The number of hydrogen-bond donors (Lipinski definition) is 1. The Labute approximate surface area is 127 Å². The molecule has 3 rings (SSSR count). The van der Waals surface area contributed by atoms with E-state index >= 15 is 0 Å². The number of amides is 1. The summed E-state index contributed by atoms with van der Waals surface area (Å²) in [5.41, 5.74) is 2.36. The van der Waals surface area contributed by atoms with Crippen molar-refractivity contribution in [3.05, 3.63) is 61.3 Å². The Balaban J connectivity index is 1.86. The van der Waals surface area contributed by atoms with E-state index in [-0.39, 0.29) is 5.91 Å². The SMILES string of the molecule is CC(C(=O)Nc1cccnc1-c1ccccc1)n1cncn1. The maximum absolute atomic E-state index is 12.4. The zero-order chi connectivity index (χ0) is 15.4. The molecule has 0 bridgehead atoms. The molecule has 0 aliphatic carbocycles. The minimum absolute atomic E-state index is 0.171. The summed E-state index contributed by atoms with van der Waals surface area (Å²) in [6.45, 7) is 1.77. The number of rotatable bonds is 4. The van der Waals surface area contributed by atoms with Crippen molar-refractivity contribution in [3.8, 4) is 11.3 Å². The topological polar surface area (TPSA) is 72.7 Å². The second kappa shape index (κ2) is 6.17. The van der Waals surface area contributed by atoms with E-state index in [1.54, 1.807) is 19.2 Å². The second-order valence-electron chi connectivity index (χ2n) is 4.81. The molecule has 1 aromatic carbocycles. The molecule has 0 saturated carbocycles. The molecule has 0 aliphatic heterocycles. The predicted octanol–water partition coefficient (Wildman–Crippen LogP) is 2.54. The largest absolute Gasteiger partial charge is 0.322 e. The van der Waals surface area contributed by atoms with Crippen molar-refractivity contribution in [2.24, 2.45) is 0 Å². The van der Waals surface area contributed by atoms with Gasteiger partial charge in [-0.1, -0.05) is 30.3 Å². The normalized spacial score (nSPS) is 11.9. The van der Waals surface area contributed by atoms with Gasteiger partial charge in [0.25, 0.3) is 0 Å². The Bertz CT molecular complexity index is 755. The number of hydrogen-bond acceptors (Lipinski definition) is 4. The van der Waals surface area contributed by atoms with Crippen LogP contribution in [-0.4, -0.2) is 25.7 Å². The molecule has 6 heteroatoms. The Morgan fingerprint density at radius 1 is 1.18 bits per heavy atom. The molecule has 1 unspecified atom stereocenters.